The van der Waals surface area contributed by atoms with Gasteiger partial charge in [-0.25, -0.2) is 0 Å². The van der Waals surface area contributed by atoms with Crippen LogP contribution in [0.2, 0.25) is 0 Å². The lowest BCUT2D eigenvalue weighted by Crippen LogP contribution is -2.11. The number of aromatic nitrogens is 2. The number of nitrogens with zero attached hydrogens (tertiary/aromatic N) is 1. The van der Waals surface area contributed by atoms with E-state index in [1.165, 1.54) is 11.3 Å². The van der Waals surface area contributed by atoms with E-state index in [9.17, 15) is 0 Å². The molecule has 54 valence electrons. The largest absolute Gasteiger partial charge is 0.304 e. The van der Waals surface area contributed by atoms with Crippen LogP contribution in [0.3, 0.4) is 0 Å². The highest BCUT2D eigenvalue weighted by Gasteiger charge is 2.21. The van der Waals surface area contributed by atoms with Crippen LogP contribution in [0.1, 0.15) is 30.6 Å². The summed E-state index contributed by atoms with van der Waals surface area (Å²) in [6.45, 7) is 3.15. The highest BCUT2D eigenvalue weighted by molar-refractivity contribution is 5.24. The fourth-order valence-electron chi connectivity index (χ4n) is 1.45. The van der Waals surface area contributed by atoms with E-state index in [1.54, 1.807) is 0 Å². The van der Waals surface area contributed by atoms with Crippen LogP contribution in [0.5, 0.6) is 0 Å². The molecule has 0 aromatic carbocycles. The second-order valence-corrected chi connectivity index (χ2v) is 2.65. The minimum Gasteiger partial charge on any atom is -0.304 e. The van der Waals surface area contributed by atoms with Gasteiger partial charge < -0.3 is 5.32 Å². The zero-order chi connectivity index (χ0) is 6.97. The molecule has 3 heteroatoms. The van der Waals surface area contributed by atoms with Crippen LogP contribution >= 0.6 is 0 Å². The summed E-state index contributed by atoms with van der Waals surface area (Å²) in [5.74, 6) is 0. The predicted molar refractivity (Wildman–Crippen MR) is 38.5 cm³/mol. The average molecular weight is 137 g/mol. The van der Waals surface area contributed by atoms with E-state index < -0.39 is 0 Å². The maximum Gasteiger partial charge on any atom is 0.0566 e. The van der Waals surface area contributed by atoms with Gasteiger partial charge in [-0.3, -0.25) is 5.10 Å². The third-order valence-electron chi connectivity index (χ3n) is 2.05. The summed E-state index contributed by atoms with van der Waals surface area (Å²) < 4.78 is 0. The molecule has 1 atom stereocenters. The van der Waals surface area contributed by atoms with Crippen molar-refractivity contribution in [3.63, 3.8) is 0 Å². The van der Waals surface area contributed by atoms with Crippen molar-refractivity contribution >= 4 is 0 Å². The van der Waals surface area contributed by atoms with Crippen molar-refractivity contribution in [2.24, 2.45) is 0 Å². The Morgan fingerprint density at radius 2 is 2.70 bits per heavy atom. The molecule has 2 rings (SSSR count). The summed E-state index contributed by atoms with van der Waals surface area (Å²) >= 11 is 0. The van der Waals surface area contributed by atoms with Gasteiger partial charge in [-0.2, -0.15) is 5.10 Å². The van der Waals surface area contributed by atoms with Crippen molar-refractivity contribution in [3.8, 4) is 0 Å². The summed E-state index contributed by atoms with van der Waals surface area (Å²) in [7, 11) is 0. The molecule has 10 heavy (non-hydrogen) atoms. The van der Waals surface area contributed by atoms with Crippen molar-refractivity contribution in [1.82, 2.24) is 15.5 Å². The molecule has 1 aliphatic rings. The van der Waals surface area contributed by atoms with Gasteiger partial charge in [-0.1, -0.05) is 6.92 Å². The van der Waals surface area contributed by atoms with Gasteiger partial charge in [0, 0.05) is 18.2 Å². The van der Waals surface area contributed by atoms with Crippen LogP contribution in [-0.2, 0) is 6.54 Å². The Morgan fingerprint density at radius 1 is 1.80 bits per heavy atom. The SMILES string of the molecule is CCC1NCc2cn[nH]c21. The lowest BCUT2D eigenvalue weighted by atomic mass is 10.1. The molecule has 1 aromatic heterocycles. The third-order valence-corrected chi connectivity index (χ3v) is 2.05. The molecule has 0 saturated heterocycles. The second-order valence-electron chi connectivity index (χ2n) is 2.65. The molecule has 2 heterocycles. The first-order valence-corrected chi connectivity index (χ1v) is 3.67. The number of fused-ring (bicyclic) bond motifs is 1. The van der Waals surface area contributed by atoms with Crippen molar-refractivity contribution in [2.75, 3.05) is 0 Å². The van der Waals surface area contributed by atoms with Crippen LogP contribution in [0.15, 0.2) is 6.20 Å². The monoisotopic (exact) mass is 137 g/mol. The first kappa shape index (κ1) is 5.92. The van der Waals surface area contributed by atoms with E-state index in [2.05, 4.69) is 22.4 Å². The standard InChI is InChI=1S/C7H11N3/c1-2-6-7-5(3-8-6)4-9-10-7/h4,6,8H,2-3H2,1H3,(H,9,10). The first-order valence-electron chi connectivity index (χ1n) is 3.67. The maximum atomic E-state index is 3.98. The molecule has 0 aliphatic carbocycles. The molecule has 0 spiro atoms. The van der Waals surface area contributed by atoms with E-state index in [1.807, 2.05) is 6.20 Å². The van der Waals surface area contributed by atoms with Gasteiger partial charge in [-0.15, -0.1) is 0 Å². The predicted octanol–water partition coefficient (Wildman–Crippen LogP) is 0.964. The van der Waals surface area contributed by atoms with Gasteiger partial charge >= 0.3 is 0 Å². The molecule has 1 aromatic rings. The van der Waals surface area contributed by atoms with Crippen molar-refractivity contribution in [1.29, 1.82) is 0 Å². The first-order chi connectivity index (χ1) is 4.92. The number of aromatic amines is 1. The molecule has 0 bridgehead atoms. The van der Waals surface area contributed by atoms with Crippen molar-refractivity contribution in [2.45, 2.75) is 25.9 Å². The van der Waals surface area contributed by atoms with E-state index >= 15 is 0 Å². The molecule has 0 radical (unpaired) electrons. The summed E-state index contributed by atoms with van der Waals surface area (Å²) in [6, 6.07) is 0.512. The van der Waals surface area contributed by atoms with Gasteiger partial charge in [0.05, 0.1) is 11.9 Å². The Bertz CT molecular complexity index is 229. The van der Waals surface area contributed by atoms with Gasteiger partial charge in [0.25, 0.3) is 0 Å². The van der Waals surface area contributed by atoms with Crippen molar-refractivity contribution in [3.05, 3.63) is 17.5 Å². The van der Waals surface area contributed by atoms with E-state index in [0.29, 0.717) is 6.04 Å². The Morgan fingerprint density at radius 3 is 3.50 bits per heavy atom. The summed E-state index contributed by atoms with van der Waals surface area (Å²) in [5.41, 5.74) is 2.61. The minimum atomic E-state index is 0.512. The van der Waals surface area contributed by atoms with Crippen LogP contribution in [0.25, 0.3) is 0 Å². The summed E-state index contributed by atoms with van der Waals surface area (Å²) in [6.07, 6.45) is 3.03. The number of hydrogen-bond acceptors (Lipinski definition) is 2. The fourth-order valence-corrected chi connectivity index (χ4v) is 1.45. The topological polar surface area (TPSA) is 40.7 Å². The molecule has 2 N–H and O–H groups in total. The highest BCUT2D eigenvalue weighted by atomic mass is 15.2. The number of rotatable bonds is 1. The highest BCUT2D eigenvalue weighted by Crippen LogP contribution is 2.24. The fraction of sp³-hybridized carbons (Fsp3) is 0.571. The Balaban J connectivity index is 2.34. The number of nitrogens with one attached hydrogen (secondary N) is 2. The maximum absolute atomic E-state index is 3.98. The Hall–Kier alpha value is -0.830. The van der Waals surface area contributed by atoms with Crippen LogP contribution in [0.4, 0.5) is 0 Å². The molecular formula is C7H11N3. The Kier molecular flexibility index (Phi) is 1.24. The smallest absolute Gasteiger partial charge is 0.0566 e. The van der Waals surface area contributed by atoms with Gasteiger partial charge in [0.15, 0.2) is 0 Å². The molecule has 0 amide bonds. The average Bonchev–Trinajstić information content (AvgIpc) is 2.44. The summed E-state index contributed by atoms with van der Waals surface area (Å²) in [4.78, 5) is 0. The molecule has 0 fully saturated rings. The quantitative estimate of drug-likeness (QED) is 0.605. The second kappa shape index (κ2) is 2.09. The molecular weight excluding hydrogens is 126 g/mol. The van der Waals surface area contributed by atoms with E-state index in [0.717, 1.165) is 13.0 Å². The number of hydrogen-bond donors (Lipinski definition) is 2. The molecule has 3 nitrogen and oxygen atoms in total. The lowest BCUT2D eigenvalue weighted by Gasteiger charge is -2.04. The Labute approximate surface area is 59.8 Å². The van der Waals surface area contributed by atoms with Crippen molar-refractivity contribution < 1.29 is 0 Å². The minimum absolute atomic E-state index is 0.512. The van der Waals surface area contributed by atoms with Crippen LogP contribution in [-0.4, -0.2) is 10.2 Å². The molecule has 1 unspecified atom stereocenters. The number of H-pyrrole nitrogens is 1. The van der Waals surface area contributed by atoms with Gasteiger partial charge in [0.2, 0.25) is 0 Å². The summed E-state index contributed by atoms with van der Waals surface area (Å²) in [5, 5.41) is 10.4. The van der Waals surface area contributed by atoms with E-state index in [4.69, 9.17) is 0 Å². The van der Waals surface area contributed by atoms with Crippen LogP contribution < -0.4 is 5.32 Å². The molecule has 1 aliphatic heterocycles. The van der Waals surface area contributed by atoms with Gasteiger partial charge in [0.1, 0.15) is 0 Å². The lowest BCUT2D eigenvalue weighted by molar-refractivity contribution is 0.551. The normalized spacial score (nSPS) is 23.1. The zero-order valence-electron chi connectivity index (χ0n) is 6.02. The van der Waals surface area contributed by atoms with Crippen LogP contribution in [0, 0.1) is 0 Å². The molecule has 0 saturated carbocycles. The van der Waals surface area contributed by atoms with Gasteiger partial charge in [-0.05, 0) is 6.42 Å². The zero-order valence-corrected chi connectivity index (χ0v) is 6.02. The van der Waals surface area contributed by atoms with E-state index in [-0.39, 0.29) is 0 Å². The third kappa shape index (κ3) is 0.671.